The Morgan fingerprint density at radius 2 is 1.76 bits per heavy atom. The lowest BCUT2D eigenvalue weighted by Gasteiger charge is -2.19. The van der Waals surface area contributed by atoms with Gasteiger partial charge in [0.25, 0.3) is 5.91 Å². The lowest BCUT2D eigenvalue weighted by atomic mass is 10.2. The fourth-order valence-electron chi connectivity index (χ4n) is 3.05. The van der Waals surface area contributed by atoms with Crippen LogP contribution in [0, 0.1) is 15.9 Å². The standard InChI is InChI=1S/C21H26FN3O7S/c1-5-24(6-2)33(29,30)16-8-10-20(18(12-16)25(27)28)32-14-21(26)23(3)13-15-7-9-19(31-4)17(22)11-15/h7-12H,5-6,13-14H2,1-4H3. The number of nitrogens with zero attached hydrogens (tertiary/aromatic N) is 3. The van der Waals surface area contributed by atoms with Gasteiger partial charge >= 0.3 is 5.69 Å². The van der Waals surface area contributed by atoms with Gasteiger partial charge in [-0.3, -0.25) is 14.9 Å². The van der Waals surface area contributed by atoms with Crippen molar-refractivity contribution in [2.75, 3.05) is 33.9 Å². The lowest BCUT2D eigenvalue weighted by Crippen LogP contribution is -2.31. The molecule has 0 radical (unpaired) electrons. The van der Waals surface area contributed by atoms with E-state index < -0.39 is 39.0 Å². The smallest absolute Gasteiger partial charge is 0.312 e. The SMILES string of the molecule is CCN(CC)S(=O)(=O)c1ccc(OCC(=O)N(C)Cc2ccc(OC)c(F)c2)c([N+](=O)[O-])c1. The first-order valence-electron chi connectivity index (χ1n) is 10.0. The van der Waals surface area contributed by atoms with Crippen LogP contribution in [0.15, 0.2) is 41.3 Å². The summed E-state index contributed by atoms with van der Waals surface area (Å²) in [5.74, 6) is -1.24. The van der Waals surface area contributed by atoms with Crippen molar-refractivity contribution >= 4 is 21.6 Å². The van der Waals surface area contributed by atoms with Crippen molar-refractivity contribution < 1.29 is 32.0 Å². The van der Waals surface area contributed by atoms with E-state index in [4.69, 9.17) is 9.47 Å². The van der Waals surface area contributed by atoms with Crippen LogP contribution in [0.2, 0.25) is 0 Å². The summed E-state index contributed by atoms with van der Waals surface area (Å²) in [5, 5.41) is 11.5. The molecule has 0 N–H and O–H groups in total. The van der Waals surface area contributed by atoms with Crippen LogP contribution in [-0.2, 0) is 21.4 Å². The third-order valence-corrected chi connectivity index (χ3v) is 6.93. The maximum atomic E-state index is 13.8. The van der Waals surface area contributed by atoms with Crippen LogP contribution in [0.3, 0.4) is 0 Å². The van der Waals surface area contributed by atoms with Crippen LogP contribution in [0.4, 0.5) is 10.1 Å². The molecule has 0 saturated carbocycles. The predicted octanol–water partition coefficient (Wildman–Crippen LogP) is 2.81. The van der Waals surface area contributed by atoms with Crippen molar-refractivity contribution in [1.82, 2.24) is 9.21 Å². The van der Waals surface area contributed by atoms with E-state index in [2.05, 4.69) is 0 Å². The Balaban J connectivity index is 2.14. The fourth-order valence-corrected chi connectivity index (χ4v) is 4.53. The first-order valence-corrected chi connectivity index (χ1v) is 11.5. The number of carbonyl (C=O) groups excluding carboxylic acids is 1. The molecule has 2 rings (SSSR count). The molecule has 0 aliphatic heterocycles. The average Bonchev–Trinajstić information content (AvgIpc) is 2.77. The van der Waals surface area contributed by atoms with E-state index in [1.807, 2.05) is 0 Å². The van der Waals surface area contributed by atoms with Crippen LogP contribution in [0.25, 0.3) is 0 Å². The van der Waals surface area contributed by atoms with E-state index in [9.17, 15) is 27.7 Å². The zero-order valence-corrected chi connectivity index (χ0v) is 19.6. The van der Waals surface area contributed by atoms with Gasteiger partial charge in [-0.15, -0.1) is 0 Å². The highest BCUT2D eigenvalue weighted by Gasteiger charge is 2.26. The summed E-state index contributed by atoms with van der Waals surface area (Å²) >= 11 is 0. The lowest BCUT2D eigenvalue weighted by molar-refractivity contribution is -0.386. The molecular weight excluding hydrogens is 457 g/mol. The van der Waals surface area contributed by atoms with Gasteiger partial charge in [-0.25, -0.2) is 12.8 Å². The third kappa shape index (κ3) is 6.17. The van der Waals surface area contributed by atoms with E-state index in [-0.39, 0.29) is 36.0 Å². The Morgan fingerprint density at radius 3 is 2.30 bits per heavy atom. The zero-order valence-electron chi connectivity index (χ0n) is 18.8. The molecule has 10 nitrogen and oxygen atoms in total. The molecule has 0 saturated heterocycles. The van der Waals surface area contributed by atoms with Gasteiger partial charge in [-0.05, 0) is 29.8 Å². The number of hydrogen-bond donors (Lipinski definition) is 0. The van der Waals surface area contributed by atoms with E-state index in [0.717, 1.165) is 12.1 Å². The molecule has 0 aliphatic rings. The van der Waals surface area contributed by atoms with E-state index in [1.165, 1.54) is 41.6 Å². The molecule has 0 unspecified atom stereocenters. The molecule has 12 heteroatoms. The molecule has 0 aromatic heterocycles. The topological polar surface area (TPSA) is 119 Å². The molecule has 180 valence electrons. The van der Waals surface area contributed by atoms with Crippen LogP contribution in [-0.4, -0.2) is 62.3 Å². The van der Waals surface area contributed by atoms with E-state index in [1.54, 1.807) is 19.9 Å². The highest BCUT2D eigenvalue weighted by Crippen LogP contribution is 2.31. The van der Waals surface area contributed by atoms with Crippen molar-refractivity contribution in [2.45, 2.75) is 25.3 Å². The number of nitro benzene ring substituents is 1. The van der Waals surface area contributed by atoms with Gasteiger partial charge in [0.2, 0.25) is 10.0 Å². The fraction of sp³-hybridized carbons (Fsp3) is 0.381. The Morgan fingerprint density at radius 1 is 1.12 bits per heavy atom. The number of amides is 1. The third-order valence-electron chi connectivity index (χ3n) is 4.88. The minimum absolute atomic E-state index is 0.0756. The minimum atomic E-state index is -3.90. The summed E-state index contributed by atoms with van der Waals surface area (Å²) in [7, 11) is -1.09. The quantitative estimate of drug-likeness (QED) is 0.356. The summed E-state index contributed by atoms with van der Waals surface area (Å²) in [5.41, 5.74) is -0.0583. The number of likely N-dealkylation sites (N-methyl/N-ethyl adjacent to an activating group) is 1. The zero-order chi connectivity index (χ0) is 24.8. The second-order valence-electron chi connectivity index (χ2n) is 6.98. The number of sulfonamides is 1. The monoisotopic (exact) mass is 483 g/mol. The molecule has 0 bridgehead atoms. The molecule has 2 aromatic rings. The van der Waals surface area contributed by atoms with Crippen molar-refractivity contribution in [1.29, 1.82) is 0 Å². The number of carbonyl (C=O) groups is 1. The Kier molecular flexibility index (Phi) is 8.71. The molecule has 0 atom stereocenters. The van der Waals surface area contributed by atoms with Crippen molar-refractivity contribution in [3.8, 4) is 11.5 Å². The van der Waals surface area contributed by atoms with Crippen LogP contribution < -0.4 is 9.47 Å². The number of hydrogen-bond acceptors (Lipinski definition) is 7. The highest BCUT2D eigenvalue weighted by molar-refractivity contribution is 7.89. The van der Waals surface area contributed by atoms with Gasteiger partial charge in [0.15, 0.2) is 23.9 Å². The van der Waals surface area contributed by atoms with Gasteiger partial charge in [0.1, 0.15) is 0 Å². The number of halogens is 1. The summed E-state index contributed by atoms with van der Waals surface area (Å²) in [6.07, 6.45) is 0. The van der Waals surface area contributed by atoms with Gasteiger partial charge in [0.05, 0.1) is 16.9 Å². The minimum Gasteiger partial charge on any atom is -0.494 e. The molecule has 1 amide bonds. The first-order chi connectivity index (χ1) is 15.5. The molecule has 0 spiro atoms. The number of ether oxygens (including phenoxy) is 2. The highest BCUT2D eigenvalue weighted by atomic mass is 32.2. The normalized spacial score (nSPS) is 11.3. The molecule has 0 fully saturated rings. The second kappa shape index (κ2) is 11.1. The summed E-state index contributed by atoms with van der Waals surface area (Å²) < 4.78 is 50.5. The second-order valence-corrected chi connectivity index (χ2v) is 8.92. The van der Waals surface area contributed by atoms with E-state index >= 15 is 0 Å². The van der Waals surface area contributed by atoms with Crippen molar-refractivity contribution in [2.24, 2.45) is 0 Å². The van der Waals surface area contributed by atoms with E-state index in [0.29, 0.717) is 5.56 Å². The van der Waals surface area contributed by atoms with Gasteiger partial charge in [0, 0.05) is 32.7 Å². The number of nitro groups is 1. The molecule has 2 aromatic carbocycles. The van der Waals surface area contributed by atoms with Gasteiger partial charge in [-0.2, -0.15) is 4.31 Å². The van der Waals surface area contributed by atoms with Crippen molar-refractivity contribution in [3.63, 3.8) is 0 Å². The number of methoxy groups -OCH3 is 1. The Hall–Kier alpha value is -3.25. The summed E-state index contributed by atoms with van der Waals surface area (Å²) in [4.78, 5) is 24.2. The summed E-state index contributed by atoms with van der Waals surface area (Å²) in [6, 6.07) is 7.55. The van der Waals surface area contributed by atoms with Crippen LogP contribution >= 0.6 is 0 Å². The average molecular weight is 484 g/mol. The molecule has 0 heterocycles. The number of benzene rings is 2. The largest absolute Gasteiger partial charge is 0.494 e. The Labute approximate surface area is 191 Å². The predicted molar refractivity (Wildman–Crippen MR) is 118 cm³/mol. The van der Waals surface area contributed by atoms with Gasteiger partial charge < -0.3 is 14.4 Å². The molecular formula is C21H26FN3O7S. The van der Waals surface area contributed by atoms with Crippen molar-refractivity contribution in [3.05, 3.63) is 57.9 Å². The summed E-state index contributed by atoms with van der Waals surface area (Å²) in [6.45, 7) is 3.29. The van der Waals surface area contributed by atoms with Crippen LogP contribution in [0.1, 0.15) is 19.4 Å². The van der Waals surface area contributed by atoms with Gasteiger partial charge in [-0.1, -0.05) is 19.9 Å². The molecule has 0 aliphatic carbocycles. The number of rotatable bonds is 11. The van der Waals surface area contributed by atoms with Crippen LogP contribution in [0.5, 0.6) is 11.5 Å². The first kappa shape index (κ1) is 26.0. The maximum Gasteiger partial charge on any atom is 0.312 e. The maximum absolute atomic E-state index is 13.8. The Bertz CT molecular complexity index is 1120. The molecule has 33 heavy (non-hydrogen) atoms.